The summed E-state index contributed by atoms with van der Waals surface area (Å²) in [5.74, 6) is -0.630. The number of carbonyl (C=O) groups is 2. The maximum Gasteiger partial charge on any atom is 0.311 e. The number of hydrogen-bond donors (Lipinski definition) is 2. The van der Waals surface area contributed by atoms with Crippen molar-refractivity contribution >= 4 is 22.8 Å². The van der Waals surface area contributed by atoms with Gasteiger partial charge in [0.25, 0.3) is 0 Å². The molecule has 3 rings (SSSR count). The molecular formula is C20H26N2O4. The van der Waals surface area contributed by atoms with Crippen LogP contribution in [0.4, 0.5) is 0 Å². The zero-order valence-corrected chi connectivity index (χ0v) is 15.2. The van der Waals surface area contributed by atoms with Gasteiger partial charge in [-0.15, -0.1) is 0 Å². The molecule has 1 saturated carbocycles. The molecule has 1 aromatic carbocycles. The van der Waals surface area contributed by atoms with E-state index in [1.54, 1.807) is 6.07 Å². The number of carboxylic acids is 1. The minimum Gasteiger partial charge on any atom is -0.481 e. The lowest BCUT2D eigenvalue weighted by Gasteiger charge is -2.14. The number of benzene rings is 1. The van der Waals surface area contributed by atoms with E-state index in [0.717, 1.165) is 29.9 Å². The number of aliphatic carboxylic acids is 1. The summed E-state index contributed by atoms with van der Waals surface area (Å²) in [6.07, 6.45) is 6.87. The maximum atomic E-state index is 12.0. The molecule has 0 aliphatic heterocycles. The van der Waals surface area contributed by atoms with E-state index in [9.17, 15) is 9.59 Å². The van der Waals surface area contributed by atoms with E-state index in [0.29, 0.717) is 18.6 Å². The monoisotopic (exact) mass is 358 g/mol. The molecule has 1 fully saturated rings. The average Bonchev–Trinajstić information content (AvgIpc) is 3.37. The Hall–Kier alpha value is -2.34. The molecule has 2 N–H and O–H groups in total. The van der Waals surface area contributed by atoms with Gasteiger partial charge in [-0.3, -0.25) is 9.59 Å². The van der Waals surface area contributed by atoms with E-state index < -0.39 is 5.97 Å². The zero-order chi connectivity index (χ0) is 18.5. The maximum absolute atomic E-state index is 12.0. The van der Waals surface area contributed by atoms with Crippen molar-refractivity contribution in [2.75, 3.05) is 13.6 Å². The van der Waals surface area contributed by atoms with Crippen LogP contribution in [0.25, 0.3) is 10.9 Å². The summed E-state index contributed by atoms with van der Waals surface area (Å²) in [7, 11) is 2.17. The molecule has 6 heteroatoms. The number of aromatic nitrogens is 1. The van der Waals surface area contributed by atoms with Crippen LogP contribution in [0.5, 0.6) is 5.75 Å². The number of carboxylic acid groups (broad SMARTS) is 1. The van der Waals surface area contributed by atoms with Crippen LogP contribution in [-0.2, 0) is 16.0 Å². The smallest absolute Gasteiger partial charge is 0.311 e. The van der Waals surface area contributed by atoms with Gasteiger partial charge >= 0.3 is 11.9 Å². The Bertz CT molecular complexity index is 779. The Kier molecular flexibility index (Phi) is 5.93. The number of ether oxygens (including phenoxy) is 1. The molecule has 2 aromatic rings. The molecule has 6 nitrogen and oxygen atoms in total. The zero-order valence-electron chi connectivity index (χ0n) is 15.2. The molecule has 0 bridgehead atoms. The van der Waals surface area contributed by atoms with Gasteiger partial charge in [-0.1, -0.05) is 12.1 Å². The SMILES string of the molecule is CN(CCc1c[nH]c2c(OC(=O)CCCCC(=O)O)cccc12)C1CC1. The highest BCUT2D eigenvalue weighted by Crippen LogP contribution is 2.29. The average molecular weight is 358 g/mol. The largest absolute Gasteiger partial charge is 0.481 e. The number of unbranched alkanes of at least 4 members (excludes halogenated alkanes) is 1. The highest BCUT2D eigenvalue weighted by molar-refractivity contribution is 5.90. The number of esters is 1. The standard InChI is InChI=1S/C20H26N2O4/c1-22(15-9-10-15)12-11-14-13-21-20-16(14)5-4-6-17(20)26-19(25)8-3-2-7-18(23)24/h4-6,13,15,21H,2-3,7-12H2,1H3,(H,23,24). The van der Waals surface area contributed by atoms with Crippen LogP contribution < -0.4 is 4.74 Å². The molecule has 26 heavy (non-hydrogen) atoms. The summed E-state index contributed by atoms with van der Waals surface area (Å²) in [4.78, 5) is 28.2. The highest BCUT2D eigenvalue weighted by Gasteiger charge is 2.25. The molecular weight excluding hydrogens is 332 g/mol. The van der Waals surface area contributed by atoms with Gasteiger partial charge in [-0.05, 0) is 50.8 Å². The fraction of sp³-hybridized carbons (Fsp3) is 0.500. The molecule has 1 aliphatic carbocycles. The van der Waals surface area contributed by atoms with Gasteiger partial charge < -0.3 is 19.7 Å². The van der Waals surface area contributed by atoms with E-state index in [2.05, 4.69) is 16.9 Å². The molecule has 0 amide bonds. The summed E-state index contributed by atoms with van der Waals surface area (Å²) in [5, 5.41) is 9.71. The lowest BCUT2D eigenvalue weighted by Crippen LogP contribution is -2.23. The number of rotatable bonds is 10. The summed E-state index contributed by atoms with van der Waals surface area (Å²) in [6, 6.07) is 6.48. The molecule has 0 spiro atoms. The normalized spacial score (nSPS) is 14.1. The molecule has 1 heterocycles. The second kappa shape index (κ2) is 8.36. The Labute approximate surface area is 153 Å². The number of para-hydroxylation sites is 1. The first-order valence-electron chi connectivity index (χ1n) is 9.26. The van der Waals surface area contributed by atoms with Crippen molar-refractivity contribution in [2.24, 2.45) is 0 Å². The second-order valence-electron chi connectivity index (χ2n) is 7.03. The number of H-pyrrole nitrogens is 1. The number of likely N-dealkylation sites (N-methyl/N-ethyl adjacent to an activating group) is 1. The third-order valence-electron chi connectivity index (χ3n) is 4.91. The predicted molar refractivity (Wildman–Crippen MR) is 99.4 cm³/mol. The third kappa shape index (κ3) is 4.85. The number of carbonyl (C=O) groups excluding carboxylic acids is 1. The first-order chi connectivity index (χ1) is 12.5. The molecule has 140 valence electrons. The minimum absolute atomic E-state index is 0.0815. The Morgan fingerprint density at radius 3 is 2.77 bits per heavy atom. The number of fused-ring (bicyclic) bond motifs is 1. The Morgan fingerprint density at radius 1 is 1.27 bits per heavy atom. The van der Waals surface area contributed by atoms with E-state index in [1.165, 1.54) is 18.4 Å². The molecule has 1 aliphatic rings. The number of aromatic amines is 1. The van der Waals surface area contributed by atoms with E-state index in [1.807, 2.05) is 18.3 Å². The highest BCUT2D eigenvalue weighted by atomic mass is 16.5. The molecule has 0 atom stereocenters. The van der Waals surface area contributed by atoms with Crippen molar-refractivity contribution in [1.82, 2.24) is 9.88 Å². The Balaban J connectivity index is 1.58. The summed E-state index contributed by atoms with van der Waals surface area (Å²) in [6.45, 7) is 1.02. The first kappa shape index (κ1) is 18.5. The molecule has 0 radical (unpaired) electrons. The van der Waals surface area contributed by atoms with Crippen LogP contribution >= 0.6 is 0 Å². The fourth-order valence-electron chi connectivity index (χ4n) is 3.19. The fourth-order valence-corrected chi connectivity index (χ4v) is 3.19. The molecule has 1 aromatic heterocycles. The summed E-state index contributed by atoms with van der Waals surface area (Å²) in [5.41, 5.74) is 2.07. The number of hydrogen-bond acceptors (Lipinski definition) is 4. The van der Waals surface area contributed by atoms with E-state index >= 15 is 0 Å². The second-order valence-corrected chi connectivity index (χ2v) is 7.03. The number of nitrogens with one attached hydrogen (secondary N) is 1. The quantitative estimate of drug-likeness (QED) is 0.387. The van der Waals surface area contributed by atoms with Gasteiger partial charge in [0.1, 0.15) is 0 Å². The van der Waals surface area contributed by atoms with Gasteiger partial charge in [0.05, 0.1) is 5.52 Å². The van der Waals surface area contributed by atoms with Crippen molar-refractivity contribution in [1.29, 1.82) is 0 Å². The van der Waals surface area contributed by atoms with Crippen molar-refractivity contribution in [3.8, 4) is 5.75 Å². The summed E-state index contributed by atoms with van der Waals surface area (Å²) < 4.78 is 5.49. The molecule has 0 saturated heterocycles. The van der Waals surface area contributed by atoms with Gasteiger partial charge in [-0.25, -0.2) is 0 Å². The van der Waals surface area contributed by atoms with E-state index in [-0.39, 0.29) is 18.8 Å². The lowest BCUT2D eigenvalue weighted by molar-refractivity contribution is -0.138. The lowest BCUT2D eigenvalue weighted by atomic mass is 10.1. The third-order valence-corrected chi connectivity index (χ3v) is 4.91. The van der Waals surface area contributed by atoms with Crippen molar-refractivity contribution in [3.05, 3.63) is 30.0 Å². The van der Waals surface area contributed by atoms with Gasteiger partial charge in [0, 0.05) is 37.0 Å². The van der Waals surface area contributed by atoms with Crippen LogP contribution in [-0.4, -0.2) is 46.6 Å². The van der Waals surface area contributed by atoms with Crippen molar-refractivity contribution < 1.29 is 19.4 Å². The van der Waals surface area contributed by atoms with Gasteiger partial charge in [0.2, 0.25) is 0 Å². The topological polar surface area (TPSA) is 82.6 Å². The summed E-state index contributed by atoms with van der Waals surface area (Å²) >= 11 is 0. The Morgan fingerprint density at radius 2 is 2.04 bits per heavy atom. The predicted octanol–water partition coefficient (Wildman–Crippen LogP) is 3.36. The molecule has 0 unspecified atom stereocenters. The number of nitrogens with zero attached hydrogens (tertiary/aromatic N) is 1. The van der Waals surface area contributed by atoms with Crippen LogP contribution in [0.2, 0.25) is 0 Å². The minimum atomic E-state index is -0.839. The van der Waals surface area contributed by atoms with Crippen LogP contribution in [0.15, 0.2) is 24.4 Å². The first-order valence-corrected chi connectivity index (χ1v) is 9.26. The van der Waals surface area contributed by atoms with Crippen LogP contribution in [0, 0.1) is 0 Å². The van der Waals surface area contributed by atoms with E-state index in [4.69, 9.17) is 9.84 Å². The van der Waals surface area contributed by atoms with Gasteiger partial charge in [0.15, 0.2) is 5.75 Å². The van der Waals surface area contributed by atoms with Crippen molar-refractivity contribution in [2.45, 2.75) is 51.0 Å². The van der Waals surface area contributed by atoms with Gasteiger partial charge in [-0.2, -0.15) is 0 Å². The van der Waals surface area contributed by atoms with Crippen molar-refractivity contribution in [3.63, 3.8) is 0 Å². The van der Waals surface area contributed by atoms with Crippen LogP contribution in [0.1, 0.15) is 44.1 Å². The van der Waals surface area contributed by atoms with Crippen LogP contribution in [0.3, 0.4) is 0 Å².